The third-order valence-electron chi connectivity index (χ3n) is 5.56. The Kier molecular flexibility index (Phi) is 3.48. The van der Waals surface area contributed by atoms with Gasteiger partial charge in [-0.25, -0.2) is 0 Å². The molecule has 3 amide bonds. The van der Waals surface area contributed by atoms with Gasteiger partial charge in [0.2, 0.25) is 11.8 Å². The fourth-order valence-electron chi connectivity index (χ4n) is 3.84. The average Bonchev–Trinajstić information content (AvgIpc) is 3.30. The number of rotatable bonds is 6. The number of morpholine rings is 1. The molecule has 172 valence electrons. The van der Waals surface area contributed by atoms with Crippen LogP contribution in [0.3, 0.4) is 0 Å². The number of piperidine rings is 1. The van der Waals surface area contributed by atoms with Crippen LogP contribution >= 0.6 is 0 Å². The standard InChI is InChI=1S/C25H28N4O4/c30-23-9-8-22(24(31)27-23)29-16-20-19(25(29)32)2-1-3-21(20)26-14-17-4-6-18(7-5-17)15-28-10-12-33-13-11-28/h1-7,22,26H,8-16H2,(H,27,30,31)/t22-/m0/s1/i1D,2D,3D,4D,5D,6D,7D,8D2,9D2. The summed E-state index contributed by atoms with van der Waals surface area (Å²) < 4.78 is 97.0. The Morgan fingerprint density at radius 3 is 2.64 bits per heavy atom. The van der Waals surface area contributed by atoms with Crippen LogP contribution in [0.2, 0.25) is 0 Å². The van der Waals surface area contributed by atoms with Gasteiger partial charge in [0.1, 0.15) is 6.04 Å². The van der Waals surface area contributed by atoms with E-state index in [1.807, 2.05) is 4.90 Å². The number of amides is 3. The minimum Gasteiger partial charge on any atom is -0.381 e. The number of carbonyl (C=O) groups excluding carboxylic acids is 3. The van der Waals surface area contributed by atoms with E-state index in [0.29, 0.717) is 31.2 Å². The lowest BCUT2D eigenvalue weighted by Crippen LogP contribution is -2.52. The summed E-state index contributed by atoms with van der Waals surface area (Å²) in [4.78, 5) is 40.9. The van der Waals surface area contributed by atoms with Crippen molar-refractivity contribution in [2.45, 2.75) is 38.4 Å². The maximum Gasteiger partial charge on any atom is 0.255 e. The van der Waals surface area contributed by atoms with E-state index in [-0.39, 0.29) is 59.6 Å². The number of hydrogen-bond donors (Lipinski definition) is 2. The van der Waals surface area contributed by atoms with Crippen molar-refractivity contribution in [1.82, 2.24) is 15.1 Å². The van der Waals surface area contributed by atoms with Gasteiger partial charge in [0.15, 0.2) is 0 Å². The number of benzene rings is 2. The lowest BCUT2D eigenvalue weighted by atomic mass is 10.0. The van der Waals surface area contributed by atoms with Crippen LogP contribution in [0.15, 0.2) is 42.3 Å². The zero-order chi connectivity index (χ0) is 32.5. The molecule has 33 heavy (non-hydrogen) atoms. The third-order valence-corrected chi connectivity index (χ3v) is 5.56. The maximum atomic E-state index is 13.5. The van der Waals surface area contributed by atoms with Gasteiger partial charge in [0.05, 0.1) is 22.8 Å². The smallest absolute Gasteiger partial charge is 0.255 e. The van der Waals surface area contributed by atoms with E-state index < -0.39 is 66.7 Å². The molecule has 0 unspecified atom stereocenters. The molecule has 8 nitrogen and oxygen atoms in total. The van der Waals surface area contributed by atoms with Crippen molar-refractivity contribution in [3.8, 4) is 0 Å². The fraction of sp³-hybridized carbons (Fsp3) is 0.400. The zero-order valence-corrected chi connectivity index (χ0v) is 17.6. The quantitative estimate of drug-likeness (QED) is 0.641. The summed E-state index contributed by atoms with van der Waals surface area (Å²) in [6.45, 7) is 1.35. The van der Waals surface area contributed by atoms with Crippen LogP contribution in [-0.2, 0) is 34.0 Å². The lowest BCUT2D eigenvalue weighted by Gasteiger charge is -2.29. The summed E-state index contributed by atoms with van der Waals surface area (Å²) in [5, 5.41) is 4.55. The molecule has 1 atom stereocenters. The Labute approximate surface area is 208 Å². The highest BCUT2D eigenvalue weighted by Gasteiger charge is 2.39. The number of nitrogens with one attached hydrogen (secondary N) is 2. The van der Waals surface area contributed by atoms with Crippen LogP contribution < -0.4 is 10.6 Å². The van der Waals surface area contributed by atoms with Crippen LogP contribution in [0.1, 0.15) is 54.9 Å². The van der Waals surface area contributed by atoms with Gasteiger partial charge in [-0.15, -0.1) is 0 Å². The van der Waals surface area contributed by atoms with E-state index in [1.54, 1.807) is 5.32 Å². The van der Waals surface area contributed by atoms with Crippen molar-refractivity contribution in [3.05, 3.63) is 64.6 Å². The molecule has 5 rings (SSSR count). The van der Waals surface area contributed by atoms with Crippen molar-refractivity contribution in [2.24, 2.45) is 0 Å². The fourth-order valence-corrected chi connectivity index (χ4v) is 3.84. The van der Waals surface area contributed by atoms with E-state index in [2.05, 4.69) is 5.32 Å². The average molecular weight is 460 g/mol. The number of hydrogen-bond acceptors (Lipinski definition) is 6. The van der Waals surface area contributed by atoms with Gasteiger partial charge in [-0.1, -0.05) is 30.2 Å². The zero-order valence-electron chi connectivity index (χ0n) is 28.6. The topological polar surface area (TPSA) is 91.0 Å². The van der Waals surface area contributed by atoms with Gasteiger partial charge in [-0.05, 0) is 29.6 Å². The van der Waals surface area contributed by atoms with Crippen LogP contribution in [-0.4, -0.2) is 59.9 Å². The first kappa shape index (κ1) is 12.3. The molecule has 2 saturated heterocycles. The Morgan fingerprint density at radius 2 is 1.85 bits per heavy atom. The second kappa shape index (κ2) is 9.33. The molecule has 2 N–H and O–H groups in total. The molecule has 0 aliphatic carbocycles. The molecule has 2 fully saturated rings. The first-order valence-electron chi connectivity index (χ1n) is 15.9. The Morgan fingerprint density at radius 1 is 1.09 bits per heavy atom. The largest absolute Gasteiger partial charge is 0.381 e. The van der Waals surface area contributed by atoms with E-state index in [0.717, 1.165) is 0 Å². The van der Waals surface area contributed by atoms with E-state index in [1.165, 1.54) is 0 Å². The number of nitrogens with zero attached hydrogens (tertiary/aromatic N) is 2. The van der Waals surface area contributed by atoms with Gasteiger partial charge < -0.3 is 15.0 Å². The molecule has 0 radical (unpaired) electrons. The second-order valence-electron chi connectivity index (χ2n) is 7.73. The maximum absolute atomic E-state index is 13.5. The number of imide groups is 1. The van der Waals surface area contributed by atoms with Crippen molar-refractivity contribution in [2.75, 3.05) is 31.6 Å². The molecular weight excluding hydrogens is 420 g/mol. The van der Waals surface area contributed by atoms with E-state index >= 15 is 0 Å². The minimum absolute atomic E-state index is 0.0590. The molecule has 3 heterocycles. The molecule has 0 saturated carbocycles. The molecule has 3 aliphatic heterocycles. The van der Waals surface area contributed by atoms with E-state index in [4.69, 9.17) is 19.8 Å². The predicted molar refractivity (Wildman–Crippen MR) is 122 cm³/mol. The summed E-state index contributed by atoms with van der Waals surface area (Å²) in [6, 6.07) is -5.16. The van der Waals surface area contributed by atoms with Gasteiger partial charge >= 0.3 is 0 Å². The highest BCUT2D eigenvalue weighted by molar-refractivity contribution is 6.06. The lowest BCUT2D eigenvalue weighted by molar-refractivity contribution is -0.136. The Balaban J connectivity index is 1.49. The van der Waals surface area contributed by atoms with Crippen molar-refractivity contribution >= 4 is 23.4 Å². The molecule has 2 aromatic carbocycles. The molecule has 0 aromatic heterocycles. The summed E-state index contributed by atoms with van der Waals surface area (Å²) in [5.41, 5.74) is -0.520. The SMILES string of the molecule is [2H]c1c([2H])c(NCc2c([2H])c([2H])c(CN3CCOCC3)c([2H])c2[2H])c2c(c1[2H])C(=O)N([C@@H]1C(=O)NC(=O)C([2H])([2H])C1([2H])[2H])C2. The highest BCUT2D eigenvalue weighted by atomic mass is 16.5. The van der Waals surface area contributed by atoms with Crippen LogP contribution in [0, 0.1) is 0 Å². The summed E-state index contributed by atoms with van der Waals surface area (Å²) in [6.07, 6.45) is -6.37. The molecular formula is C25H28N4O4. The Hall–Kier alpha value is -3.23. The first-order valence-corrected chi connectivity index (χ1v) is 10.4. The number of fused-ring (bicyclic) bond motifs is 1. The monoisotopic (exact) mass is 459 g/mol. The van der Waals surface area contributed by atoms with Crippen molar-refractivity contribution in [1.29, 1.82) is 0 Å². The summed E-state index contributed by atoms with van der Waals surface area (Å²) in [7, 11) is 0. The summed E-state index contributed by atoms with van der Waals surface area (Å²) >= 11 is 0. The highest BCUT2D eigenvalue weighted by Crippen LogP contribution is 2.32. The molecule has 3 aliphatic rings. The van der Waals surface area contributed by atoms with Crippen LogP contribution in [0.4, 0.5) is 5.69 Å². The Bertz CT molecular complexity index is 1570. The van der Waals surface area contributed by atoms with Gasteiger partial charge in [-0.3, -0.25) is 24.6 Å². The molecule has 0 spiro atoms. The summed E-state index contributed by atoms with van der Waals surface area (Å²) in [5.74, 6) is -3.85. The molecule has 2 aromatic rings. The number of anilines is 1. The van der Waals surface area contributed by atoms with Crippen LogP contribution in [0.25, 0.3) is 0 Å². The van der Waals surface area contributed by atoms with Crippen molar-refractivity contribution < 1.29 is 34.2 Å². The number of ether oxygens (including phenoxy) is 1. The predicted octanol–water partition coefficient (Wildman–Crippen LogP) is 1.89. The normalized spacial score (nSPS) is 29.0. The van der Waals surface area contributed by atoms with E-state index in [9.17, 15) is 14.4 Å². The van der Waals surface area contributed by atoms with Crippen molar-refractivity contribution in [3.63, 3.8) is 0 Å². The first-order chi connectivity index (χ1) is 20.5. The third kappa shape index (κ3) is 4.62. The van der Waals surface area contributed by atoms with Gasteiger partial charge in [-0.2, -0.15) is 0 Å². The number of carbonyl (C=O) groups is 3. The minimum atomic E-state index is -3.20. The second-order valence-corrected chi connectivity index (χ2v) is 7.73. The van der Waals surface area contributed by atoms with Crippen LogP contribution in [0.5, 0.6) is 0 Å². The van der Waals surface area contributed by atoms with Gasteiger partial charge in [0.25, 0.3) is 5.91 Å². The van der Waals surface area contributed by atoms with Gasteiger partial charge in [0, 0.05) is 61.4 Å². The molecule has 8 heteroatoms. The molecule has 0 bridgehead atoms.